The van der Waals surface area contributed by atoms with Gasteiger partial charge in [0.2, 0.25) is 0 Å². The maximum Gasteiger partial charge on any atom is 0.410 e. The van der Waals surface area contributed by atoms with Gasteiger partial charge in [0.05, 0.1) is 12.6 Å². The third-order valence-electron chi connectivity index (χ3n) is 4.13. The highest BCUT2D eigenvalue weighted by molar-refractivity contribution is 5.69. The van der Waals surface area contributed by atoms with Gasteiger partial charge in [0, 0.05) is 24.9 Å². The summed E-state index contributed by atoms with van der Waals surface area (Å²) in [5.74, 6) is 0.390. The van der Waals surface area contributed by atoms with E-state index < -0.39 is 0 Å². The molecular formula is C16H20N2O2. The van der Waals surface area contributed by atoms with Gasteiger partial charge in [-0.05, 0) is 37.8 Å². The number of ether oxygens (including phenoxy) is 1. The number of amides is 1. The molecule has 20 heavy (non-hydrogen) atoms. The number of hydrogen-bond acceptors (Lipinski definition) is 3. The van der Waals surface area contributed by atoms with Crippen molar-refractivity contribution in [3.05, 3.63) is 41.7 Å². The summed E-state index contributed by atoms with van der Waals surface area (Å²) in [7, 11) is 0. The van der Waals surface area contributed by atoms with Gasteiger partial charge in [-0.25, -0.2) is 4.79 Å². The van der Waals surface area contributed by atoms with Gasteiger partial charge < -0.3 is 4.74 Å². The molecule has 0 saturated carbocycles. The molecule has 3 rings (SSSR count). The van der Waals surface area contributed by atoms with Gasteiger partial charge in [0.15, 0.2) is 0 Å². The van der Waals surface area contributed by atoms with Gasteiger partial charge in [-0.2, -0.15) is 0 Å². The van der Waals surface area contributed by atoms with Gasteiger partial charge in [-0.1, -0.05) is 17.7 Å². The number of nitrogens with zero attached hydrogens (tertiary/aromatic N) is 2. The first-order valence-corrected chi connectivity index (χ1v) is 7.32. The predicted octanol–water partition coefficient (Wildman–Crippen LogP) is 3.32. The van der Waals surface area contributed by atoms with E-state index in [9.17, 15) is 4.79 Å². The van der Waals surface area contributed by atoms with Gasteiger partial charge in [0.25, 0.3) is 0 Å². The Morgan fingerprint density at radius 2 is 2.45 bits per heavy atom. The lowest BCUT2D eigenvalue weighted by Gasteiger charge is -2.42. The van der Waals surface area contributed by atoms with E-state index in [0.717, 1.165) is 18.4 Å². The van der Waals surface area contributed by atoms with Crippen LogP contribution >= 0.6 is 0 Å². The molecule has 1 amide bonds. The van der Waals surface area contributed by atoms with Gasteiger partial charge in [-0.15, -0.1) is 0 Å². The van der Waals surface area contributed by atoms with Gasteiger partial charge >= 0.3 is 6.09 Å². The van der Waals surface area contributed by atoms with Gasteiger partial charge in [-0.3, -0.25) is 9.88 Å². The molecule has 0 radical (unpaired) electrons. The first-order valence-electron chi connectivity index (χ1n) is 7.32. The van der Waals surface area contributed by atoms with Crippen LogP contribution in [0.3, 0.4) is 0 Å². The molecule has 2 aliphatic rings. The van der Waals surface area contributed by atoms with Crippen LogP contribution in [-0.4, -0.2) is 29.1 Å². The number of carbonyl (C=O) groups excluding carboxylic acids is 1. The van der Waals surface area contributed by atoms with Crippen LogP contribution in [0.4, 0.5) is 4.79 Å². The Morgan fingerprint density at radius 3 is 3.20 bits per heavy atom. The van der Waals surface area contributed by atoms with Crippen molar-refractivity contribution in [1.82, 2.24) is 9.88 Å². The molecule has 1 aliphatic carbocycles. The first kappa shape index (κ1) is 13.2. The lowest BCUT2D eigenvalue weighted by molar-refractivity contribution is 0.0750. The van der Waals surface area contributed by atoms with Crippen molar-refractivity contribution in [1.29, 1.82) is 0 Å². The van der Waals surface area contributed by atoms with Crippen LogP contribution in [0.15, 0.2) is 36.2 Å². The molecule has 1 aromatic rings. The molecule has 1 aromatic heterocycles. The number of hydrogen-bond donors (Lipinski definition) is 0. The van der Waals surface area contributed by atoms with Crippen LogP contribution in [0, 0.1) is 5.92 Å². The highest BCUT2D eigenvalue weighted by Gasteiger charge is 2.37. The lowest BCUT2D eigenvalue weighted by Crippen LogP contribution is -2.44. The number of carbonyl (C=O) groups is 1. The van der Waals surface area contributed by atoms with Crippen LogP contribution in [-0.2, 0) is 4.74 Å². The minimum absolute atomic E-state index is 0.0619. The summed E-state index contributed by atoms with van der Waals surface area (Å²) in [6.45, 7) is 2.95. The molecule has 2 unspecified atom stereocenters. The highest BCUT2D eigenvalue weighted by atomic mass is 16.6. The molecule has 2 bridgehead atoms. The van der Waals surface area contributed by atoms with E-state index >= 15 is 0 Å². The van der Waals surface area contributed by atoms with E-state index in [2.05, 4.69) is 17.1 Å². The maximum absolute atomic E-state index is 12.3. The Balaban J connectivity index is 1.94. The predicted molar refractivity (Wildman–Crippen MR) is 76.1 cm³/mol. The zero-order valence-corrected chi connectivity index (χ0v) is 11.8. The van der Waals surface area contributed by atoms with E-state index in [0.29, 0.717) is 19.1 Å². The number of rotatable bonds is 2. The third kappa shape index (κ3) is 2.42. The Hall–Kier alpha value is -1.84. The topological polar surface area (TPSA) is 42.4 Å². The number of aromatic nitrogens is 1. The fourth-order valence-electron chi connectivity index (χ4n) is 3.33. The average molecular weight is 272 g/mol. The molecular weight excluding hydrogens is 252 g/mol. The standard InChI is InChI=1S/C16H20N2O2/c1-2-20-16(19)18-11-12-5-3-6-13(9-12)15(18)14-7-4-8-17-10-14/h4,7-10,13,15H,2-3,5-6,11H2,1H3. The van der Waals surface area contributed by atoms with E-state index in [1.54, 1.807) is 6.20 Å². The monoisotopic (exact) mass is 272 g/mol. The summed E-state index contributed by atoms with van der Waals surface area (Å²) in [5.41, 5.74) is 2.47. The van der Waals surface area contributed by atoms with Crippen molar-refractivity contribution in [2.45, 2.75) is 32.2 Å². The van der Waals surface area contributed by atoms with E-state index in [1.165, 1.54) is 12.0 Å². The maximum atomic E-state index is 12.3. The molecule has 0 saturated heterocycles. The molecule has 0 aromatic carbocycles. The zero-order chi connectivity index (χ0) is 13.9. The summed E-state index contributed by atoms with van der Waals surface area (Å²) < 4.78 is 5.24. The molecule has 1 aliphatic heterocycles. The Bertz CT molecular complexity index is 512. The summed E-state index contributed by atoms with van der Waals surface area (Å²) in [6, 6.07) is 4.05. The molecule has 0 fully saturated rings. The molecule has 4 heteroatoms. The summed E-state index contributed by atoms with van der Waals surface area (Å²) in [5, 5.41) is 0. The SMILES string of the molecule is CCOC(=O)N1CC2=CC(CCC2)C1c1cccnc1. The molecule has 0 N–H and O–H groups in total. The van der Waals surface area contributed by atoms with E-state index in [1.807, 2.05) is 24.1 Å². The third-order valence-corrected chi connectivity index (χ3v) is 4.13. The number of pyridine rings is 1. The zero-order valence-electron chi connectivity index (χ0n) is 11.8. The fourth-order valence-corrected chi connectivity index (χ4v) is 3.33. The minimum atomic E-state index is -0.209. The molecule has 2 heterocycles. The molecule has 4 nitrogen and oxygen atoms in total. The Labute approximate surface area is 119 Å². The van der Waals surface area contributed by atoms with Crippen molar-refractivity contribution in [2.24, 2.45) is 5.92 Å². The largest absolute Gasteiger partial charge is 0.450 e. The van der Waals surface area contributed by atoms with E-state index in [-0.39, 0.29) is 12.1 Å². The van der Waals surface area contributed by atoms with Crippen LogP contribution in [0.5, 0.6) is 0 Å². The summed E-state index contributed by atoms with van der Waals surface area (Å²) in [6.07, 6.45) is 9.22. The number of likely N-dealkylation sites (tertiary alicyclic amines) is 1. The first-order chi connectivity index (χ1) is 9.79. The Kier molecular flexibility index (Phi) is 3.72. The normalized spacial score (nSPS) is 25.1. The van der Waals surface area contributed by atoms with Crippen molar-refractivity contribution >= 4 is 6.09 Å². The summed E-state index contributed by atoms with van der Waals surface area (Å²) >= 11 is 0. The lowest BCUT2D eigenvalue weighted by atomic mass is 9.79. The quantitative estimate of drug-likeness (QED) is 0.776. The molecule has 0 spiro atoms. The Morgan fingerprint density at radius 1 is 1.55 bits per heavy atom. The second-order valence-electron chi connectivity index (χ2n) is 5.44. The van der Waals surface area contributed by atoms with E-state index in [4.69, 9.17) is 4.74 Å². The van der Waals surface area contributed by atoms with Crippen LogP contribution in [0.25, 0.3) is 0 Å². The second kappa shape index (κ2) is 5.65. The fraction of sp³-hybridized carbons (Fsp3) is 0.500. The van der Waals surface area contributed by atoms with Crippen molar-refractivity contribution in [3.8, 4) is 0 Å². The van der Waals surface area contributed by atoms with Crippen molar-refractivity contribution in [3.63, 3.8) is 0 Å². The highest BCUT2D eigenvalue weighted by Crippen LogP contribution is 2.41. The summed E-state index contributed by atoms with van der Waals surface area (Å²) in [4.78, 5) is 18.3. The van der Waals surface area contributed by atoms with Crippen molar-refractivity contribution < 1.29 is 9.53 Å². The molecule has 2 atom stereocenters. The van der Waals surface area contributed by atoms with Crippen LogP contribution in [0.1, 0.15) is 37.8 Å². The van der Waals surface area contributed by atoms with Crippen LogP contribution in [0.2, 0.25) is 0 Å². The minimum Gasteiger partial charge on any atom is -0.450 e. The smallest absolute Gasteiger partial charge is 0.410 e. The average Bonchev–Trinajstić information content (AvgIpc) is 2.48. The van der Waals surface area contributed by atoms with Crippen molar-refractivity contribution in [2.75, 3.05) is 13.2 Å². The number of fused-ring (bicyclic) bond motifs is 1. The van der Waals surface area contributed by atoms with Crippen LogP contribution < -0.4 is 0 Å². The molecule has 106 valence electrons. The second-order valence-corrected chi connectivity index (χ2v) is 5.44. The van der Waals surface area contributed by atoms with Gasteiger partial charge in [0.1, 0.15) is 0 Å².